The fraction of sp³-hybridized carbons (Fsp3) is 0.188. The first-order valence-electron chi connectivity index (χ1n) is 6.99. The molecule has 22 heavy (non-hydrogen) atoms. The summed E-state index contributed by atoms with van der Waals surface area (Å²) in [6.45, 7) is 2.09. The van der Waals surface area contributed by atoms with Crippen LogP contribution in [0, 0.1) is 0 Å². The van der Waals surface area contributed by atoms with Gasteiger partial charge in [0.1, 0.15) is 6.61 Å². The third-order valence-electron chi connectivity index (χ3n) is 3.24. The number of hydrogen-bond acceptors (Lipinski definition) is 4. The fourth-order valence-corrected chi connectivity index (χ4v) is 2.07. The molecule has 6 heteroatoms. The van der Waals surface area contributed by atoms with Gasteiger partial charge >= 0.3 is 6.09 Å². The summed E-state index contributed by atoms with van der Waals surface area (Å²) in [6, 6.07) is 11.1. The van der Waals surface area contributed by atoms with Crippen LogP contribution in [0.3, 0.4) is 0 Å². The molecule has 112 valence electrons. The van der Waals surface area contributed by atoms with Gasteiger partial charge in [0, 0.05) is 18.6 Å². The second-order valence-corrected chi connectivity index (χ2v) is 4.92. The second-order valence-electron chi connectivity index (χ2n) is 4.92. The lowest BCUT2D eigenvalue weighted by molar-refractivity contribution is 0.136. The monoisotopic (exact) mass is 296 g/mol. The van der Waals surface area contributed by atoms with Gasteiger partial charge in [0.2, 0.25) is 5.78 Å². The molecule has 0 radical (unpaired) electrons. The molecule has 0 aliphatic carbocycles. The van der Waals surface area contributed by atoms with Gasteiger partial charge < -0.3 is 10.1 Å². The minimum Gasteiger partial charge on any atom is -0.445 e. The van der Waals surface area contributed by atoms with E-state index < -0.39 is 6.09 Å². The lowest BCUT2D eigenvalue weighted by atomic mass is 10.2. The van der Waals surface area contributed by atoms with Crippen molar-refractivity contribution in [3.05, 3.63) is 66.2 Å². The van der Waals surface area contributed by atoms with Crippen molar-refractivity contribution >= 4 is 11.9 Å². The van der Waals surface area contributed by atoms with Gasteiger partial charge in [0.05, 0.1) is 11.7 Å². The molecule has 3 rings (SSSR count). The number of rotatable bonds is 4. The van der Waals surface area contributed by atoms with Gasteiger partial charge in [0.15, 0.2) is 0 Å². The molecule has 1 unspecified atom stereocenters. The molecule has 3 aromatic rings. The molecule has 1 N–H and O–H groups in total. The third-order valence-corrected chi connectivity index (χ3v) is 3.24. The largest absolute Gasteiger partial charge is 0.445 e. The summed E-state index contributed by atoms with van der Waals surface area (Å²) in [4.78, 5) is 20.3. The number of imidazole rings is 1. The van der Waals surface area contributed by atoms with Crippen LogP contribution in [0.25, 0.3) is 5.78 Å². The second kappa shape index (κ2) is 6.26. The SMILES string of the molecule is CC(NC(=O)OCc1ccccc1)c1cn2cccnc2n1. The Morgan fingerprint density at radius 2 is 2.14 bits per heavy atom. The Morgan fingerprint density at radius 1 is 1.32 bits per heavy atom. The number of ether oxygens (including phenoxy) is 1. The molecule has 0 bridgehead atoms. The van der Waals surface area contributed by atoms with Crippen molar-refractivity contribution in [3.63, 3.8) is 0 Å². The van der Waals surface area contributed by atoms with E-state index in [1.54, 1.807) is 6.20 Å². The number of fused-ring (bicyclic) bond motifs is 1. The first-order valence-corrected chi connectivity index (χ1v) is 6.99. The maximum absolute atomic E-state index is 11.8. The van der Waals surface area contributed by atoms with Crippen LogP contribution in [0.5, 0.6) is 0 Å². The van der Waals surface area contributed by atoms with Crippen LogP contribution in [-0.4, -0.2) is 20.5 Å². The standard InChI is InChI=1S/C16H16N4O2/c1-12(14-10-20-9-5-8-17-15(20)19-14)18-16(21)22-11-13-6-3-2-4-7-13/h2-10,12H,11H2,1H3,(H,18,21). The topological polar surface area (TPSA) is 68.5 Å². The Hall–Kier alpha value is -2.89. The maximum Gasteiger partial charge on any atom is 0.407 e. The molecule has 0 aliphatic rings. The predicted molar refractivity (Wildman–Crippen MR) is 81.2 cm³/mol. The Labute approximate surface area is 127 Å². The highest BCUT2D eigenvalue weighted by Gasteiger charge is 2.14. The van der Waals surface area contributed by atoms with Gasteiger partial charge in [0.25, 0.3) is 0 Å². The average molecular weight is 296 g/mol. The van der Waals surface area contributed by atoms with Gasteiger partial charge in [-0.2, -0.15) is 0 Å². The normalized spacial score (nSPS) is 12.0. The van der Waals surface area contributed by atoms with Crippen LogP contribution in [0.15, 0.2) is 55.0 Å². The molecule has 0 fully saturated rings. The zero-order chi connectivity index (χ0) is 15.4. The molecule has 2 aromatic heterocycles. The summed E-state index contributed by atoms with van der Waals surface area (Å²) < 4.78 is 7.00. The zero-order valence-electron chi connectivity index (χ0n) is 12.1. The van der Waals surface area contributed by atoms with E-state index in [9.17, 15) is 4.79 Å². The van der Waals surface area contributed by atoms with E-state index in [2.05, 4.69) is 15.3 Å². The molecular weight excluding hydrogens is 280 g/mol. The minimum absolute atomic E-state index is 0.242. The summed E-state index contributed by atoms with van der Waals surface area (Å²) in [6.07, 6.45) is 4.91. The molecule has 0 aliphatic heterocycles. The highest BCUT2D eigenvalue weighted by molar-refractivity contribution is 5.67. The Balaban J connectivity index is 1.58. The van der Waals surface area contributed by atoms with Gasteiger partial charge in [-0.3, -0.25) is 4.40 Å². The first-order chi connectivity index (χ1) is 10.7. The van der Waals surface area contributed by atoms with Gasteiger partial charge in [-0.25, -0.2) is 14.8 Å². The lowest BCUT2D eigenvalue weighted by Gasteiger charge is -2.11. The summed E-state index contributed by atoms with van der Waals surface area (Å²) in [7, 11) is 0. The number of carbonyl (C=O) groups excluding carboxylic acids is 1. The number of hydrogen-bond donors (Lipinski definition) is 1. The van der Waals surface area contributed by atoms with Crippen molar-refractivity contribution in [1.82, 2.24) is 19.7 Å². The maximum atomic E-state index is 11.8. The number of benzene rings is 1. The lowest BCUT2D eigenvalue weighted by Crippen LogP contribution is -2.27. The van der Waals surface area contributed by atoms with E-state index >= 15 is 0 Å². The van der Waals surface area contributed by atoms with Crippen LogP contribution in [-0.2, 0) is 11.3 Å². The molecule has 1 amide bonds. The minimum atomic E-state index is -0.471. The Morgan fingerprint density at radius 3 is 2.91 bits per heavy atom. The molecule has 2 heterocycles. The highest BCUT2D eigenvalue weighted by atomic mass is 16.5. The summed E-state index contributed by atoms with van der Waals surface area (Å²) in [5, 5.41) is 2.76. The number of carbonyl (C=O) groups is 1. The van der Waals surface area contributed by atoms with E-state index in [-0.39, 0.29) is 12.6 Å². The van der Waals surface area contributed by atoms with E-state index in [4.69, 9.17) is 4.74 Å². The summed E-state index contributed by atoms with van der Waals surface area (Å²) in [5.41, 5.74) is 1.68. The molecule has 0 saturated carbocycles. The van der Waals surface area contributed by atoms with Crippen LogP contribution in [0.4, 0.5) is 4.79 Å². The van der Waals surface area contributed by atoms with Crippen molar-refractivity contribution in [3.8, 4) is 0 Å². The highest BCUT2D eigenvalue weighted by Crippen LogP contribution is 2.12. The molecule has 1 atom stereocenters. The van der Waals surface area contributed by atoms with Crippen molar-refractivity contribution in [2.75, 3.05) is 0 Å². The Bertz CT molecular complexity index is 737. The third kappa shape index (κ3) is 3.22. The molecule has 0 saturated heterocycles. The number of alkyl carbamates (subject to hydrolysis) is 1. The molecule has 0 spiro atoms. The van der Waals surface area contributed by atoms with Crippen LogP contribution in [0.2, 0.25) is 0 Å². The van der Waals surface area contributed by atoms with E-state index in [0.717, 1.165) is 11.3 Å². The number of aromatic nitrogens is 3. The summed E-state index contributed by atoms with van der Waals surface area (Å²) >= 11 is 0. The number of nitrogens with zero attached hydrogens (tertiary/aromatic N) is 3. The van der Waals surface area contributed by atoms with Gasteiger partial charge in [-0.1, -0.05) is 30.3 Å². The number of amides is 1. The van der Waals surface area contributed by atoms with Gasteiger partial charge in [-0.15, -0.1) is 0 Å². The molecule has 6 nitrogen and oxygen atoms in total. The van der Waals surface area contributed by atoms with E-state index in [0.29, 0.717) is 5.78 Å². The zero-order valence-corrected chi connectivity index (χ0v) is 12.1. The smallest absolute Gasteiger partial charge is 0.407 e. The summed E-state index contributed by atoms with van der Waals surface area (Å²) in [5.74, 6) is 0.601. The van der Waals surface area contributed by atoms with Crippen LogP contribution >= 0.6 is 0 Å². The van der Waals surface area contributed by atoms with Crippen molar-refractivity contribution in [2.45, 2.75) is 19.6 Å². The van der Waals surface area contributed by atoms with E-state index in [1.807, 2.05) is 60.1 Å². The van der Waals surface area contributed by atoms with Gasteiger partial charge in [-0.05, 0) is 18.6 Å². The molecule has 1 aromatic carbocycles. The first kappa shape index (κ1) is 14.1. The van der Waals surface area contributed by atoms with Crippen molar-refractivity contribution < 1.29 is 9.53 Å². The Kier molecular flexibility index (Phi) is 4.00. The quantitative estimate of drug-likeness (QED) is 0.803. The van der Waals surface area contributed by atoms with Crippen LogP contribution < -0.4 is 5.32 Å². The number of nitrogens with one attached hydrogen (secondary N) is 1. The van der Waals surface area contributed by atoms with Crippen molar-refractivity contribution in [2.24, 2.45) is 0 Å². The predicted octanol–water partition coefficient (Wildman–Crippen LogP) is 2.72. The van der Waals surface area contributed by atoms with E-state index in [1.165, 1.54) is 0 Å². The van der Waals surface area contributed by atoms with Crippen molar-refractivity contribution in [1.29, 1.82) is 0 Å². The fourth-order valence-electron chi connectivity index (χ4n) is 2.07. The average Bonchev–Trinajstić information content (AvgIpc) is 2.98. The molecular formula is C16H16N4O2. The van der Waals surface area contributed by atoms with Crippen LogP contribution in [0.1, 0.15) is 24.2 Å².